The van der Waals surface area contributed by atoms with Crippen LogP contribution in [0.5, 0.6) is 5.75 Å². The zero-order valence-corrected chi connectivity index (χ0v) is 18.0. The van der Waals surface area contributed by atoms with Crippen LogP contribution in [0.2, 0.25) is 0 Å². The highest BCUT2D eigenvalue weighted by Gasteiger charge is 2.15. The van der Waals surface area contributed by atoms with Gasteiger partial charge in [-0.1, -0.05) is 54.6 Å². The van der Waals surface area contributed by atoms with Crippen molar-refractivity contribution < 1.29 is 22.7 Å². The number of nitrogens with one attached hydrogen (secondary N) is 3. The Balaban J connectivity index is 1.41. The van der Waals surface area contributed by atoms with Gasteiger partial charge in [-0.3, -0.25) is 20.4 Å². The summed E-state index contributed by atoms with van der Waals surface area (Å²) in [6.45, 7) is -0.391. The topological polar surface area (TPSA) is 114 Å². The summed E-state index contributed by atoms with van der Waals surface area (Å²) in [7, 11) is -3.63. The number of rotatable bonds is 9. The first-order valence-corrected chi connectivity index (χ1v) is 11.7. The summed E-state index contributed by atoms with van der Waals surface area (Å²) in [4.78, 5) is 23.8. The summed E-state index contributed by atoms with van der Waals surface area (Å²) in [6, 6.07) is 20.0. The van der Waals surface area contributed by atoms with E-state index < -0.39 is 21.8 Å². The highest BCUT2D eigenvalue weighted by molar-refractivity contribution is 7.91. The molecule has 1 aromatic heterocycles. The summed E-state index contributed by atoms with van der Waals surface area (Å²) in [5.41, 5.74) is 6.28. The van der Waals surface area contributed by atoms with Crippen LogP contribution < -0.4 is 20.3 Å². The Morgan fingerprint density at radius 2 is 1.58 bits per heavy atom. The van der Waals surface area contributed by atoms with Crippen molar-refractivity contribution >= 4 is 33.2 Å². The van der Waals surface area contributed by atoms with Crippen LogP contribution in [-0.4, -0.2) is 33.4 Å². The van der Waals surface area contributed by atoms with E-state index in [1.165, 1.54) is 6.07 Å². The van der Waals surface area contributed by atoms with Gasteiger partial charge in [0.1, 0.15) is 9.96 Å². The molecule has 0 aliphatic rings. The van der Waals surface area contributed by atoms with Gasteiger partial charge in [-0.25, -0.2) is 13.1 Å². The number of amides is 2. The standard InChI is InChI=1S/C21H21N3O5S2/c25-19(12-13-22-31(27,28)21-11-6-14-30-21)23-24-20(26)15-29-18-10-5-4-9-17(18)16-7-2-1-3-8-16/h1-11,14,22H,12-13,15H2,(H,23,25)(H,24,26). The molecule has 0 atom stereocenters. The van der Waals surface area contributed by atoms with Gasteiger partial charge in [0.05, 0.1) is 0 Å². The summed E-state index contributed by atoms with van der Waals surface area (Å²) in [6.07, 6.45) is -0.136. The van der Waals surface area contributed by atoms with Crippen molar-refractivity contribution in [1.82, 2.24) is 15.6 Å². The molecule has 0 aliphatic carbocycles. The summed E-state index contributed by atoms with van der Waals surface area (Å²) < 4.78 is 32.1. The van der Waals surface area contributed by atoms with Crippen LogP contribution in [0, 0.1) is 0 Å². The fourth-order valence-corrected chi connectivity index (χ4v) is 4.69. The maximum Gasteiger partial charge on any atom is 0.276 e. The van der Waals surface area contributed by atoms with Gasteiger partial charge >= 0.3 is 0 Å². The van der Waals surface area contributed by atoms with E-state index in [4.69, 9.17) is 4.74 Å². The predicted octanol–water partition coefficient (Wildman–Crippen LogP) is 2.31. The third-order valence-corrected chi connectivity index (χ3v) is 6.93. The second-order valence-electron chi connectivity index (χ2n) is 6.33. The summed E-state index contributed by atoms with van der Waals surface area (Å²) >= 11 is 1.08. The molecule has 10 heteroatoms. The maximum absolute atomic E-state index is 12.0. The van der Waals surface area contributed by atoms with Gasteiger partial charge in [0.15, 0.2) is 6.61 Å². The number of hydrazine groups is 1. The number of benzene rings is 2. The number of carbonyl (C=O) groups is 2. The molecule has 162 valence electrons. The van der Waals surface area contributed by atoms with Crippen LogP contribution in [0.25, 0.3) is 11.1 Å². The third kappa shape index (κ3) is 6.64. The Morgan fingerprint density at radius 1 is 0.871 bits per heavy atom. The van der Waals surface area contributed by atoms with E-state index in [-0.39, 0.29) is 23.8 Å². The fraction of sp³-hybridized carbons (Fsp3) is 0.143. The molecular weight excluding hydrogens is 438 g/mol. The first-order chi connectivity index (χ1) is 15.0. The van der Waals surface area contributed by atoms with Crippen molar-refractivity contribution in [3.05, 3.63) is 72.1 Å². The smallest absolute Gasteiger partial charge is 0.276 e. The second-order valence-corrected chi connectivity index (χ2v) is 9.27. The average molecular weight is 460 g/mol. The zero-order chi connectivity index (χ0) is 22.1. The number of carbonyl (C=O) groups excluding carboxylic acids is 2. The minimum absolute atomic E-state index is 0.0944. The highest BCUT2D eigenvalue weighted by atomic mass is 32.2. The van der Waals surface area contributed by atoms with Crippen molar-refractivity contribution in [2.75, 3.05) is 13.2 Å². The van der Waals surface area contributed by atoms with Gasteiger partial charge in [-0.2, -0.15) is 0 Å². The highest BCUT2D eigenvalue weighted by Crippen LogP contribution is 2.29. The molecule has 0 spiro atoms. The predicted molar refractivity (Wildman–Crippen MR) is 118 cm³/mol. The molecule has 0 bridgehead atoms. The van der Waals surface area contributed by atoms with Crippen LogP contribution >= 0.6 is 11.3 Å². The molecule has 0 saturated heterocycles. The number of ether oxygens (including phenoxy) is 1. The van der Waals surface area contributed by atoms with Crippen LogP contribution in [0.4, 0.5) is 0 Å². The molecule has 0 unspecified atom stereocenters. The number of hydrogen-bond donors (Lipinski definition) is 3. The SMILES string of the molecule is O=C(CCNS(=O)(=O)c1cccs1)NNC(=O)COc1ccccc1-c1ccccc1. The molecule has 0 saturated carbocycles. The molecule has 31 heavy (non-hydrogen) atoms. The van der Waals surface area contributed by atoms with Crippen LogP contribution in [0.1, 0.15) is 6.42 Å². The number of para-hydroxylation sites is 1. The first-order valence-electron chi connectivity index (χ1n) is 9.34. The summed E-state index contributed by atoms with van der Waals surface area (Å²) in [5.74, 6) is -0.541. The molecule has 1 heterocycles. The van der Waals surface area contributed by atoms with Crippen molar-refractivity contribution in [2.24, 2.45) is 0 Å². The maximum atomic E-state index is 12.0. The quantitative estimate of drug-likeness (QED) is 0.425. The molecular formula is C21H21N3O5S2. The van der Waals surface area contributed by atoms with Crippen LogP contribution in [-0.2, 0) is 19.6 Å². The van der Waals surface area contributed by atoms with Gasteiger partial charge < -0.3 is 4.74 Å². The van der Waals surface area contributed by atoms with E-state index in [1.807, 2.05) is 42.5 Å². The van der Waals surface area contributed by atoms with Crippen molar-refractivity contribution in [3.8, 4) is 16.9 Å². The van der Waals surface area contributed by atoms with E-state index in [2.05, 4.69) is 15.6 Å². The van der Waals surface area contributed by atoms with Gasteiger partial charge in [0.2, 0.25) is 15.9 Å². The molecule has 2 aromatic carbocycles. The Kier molecular flexibility index (Phi) is 7.76. The lowest BCUT2D eigenvalue weighted by Crippen LogP contribution is -2.44. The van der Waals surface area contributed by atoms with Crippen molar-refractivity contribution in [2.45, 2.75) is 10.6 Å². The Labute approximate surface area is 184 Å². The number of hydrogen-bond acceptors (Lipinski definition) is 6. The number of sulfonamides is 1. The molecule has 2 amide bonds. The van der Waals surface area contributed by atoms with Gasteiger partial charge in [0.25, 0.3) is 5.91 Å². The van der Waals surface area contributed by atoms with E-state index in [0.29, 0.717) is 5.75 Å². The lowest BCUT2D eigenvalue weighted by Gasteiger charge is -2.12. The Hall–Kier alpha value is -3.21. The normalized spacial score (nSPS) is 11.0. The molecule has 3 rings (SSSR count). The molecule has 0 aliphatic heterocycles. The van der Waals surface area contributed by atoms with Crippen LogP contribution in [0.3, 0.4) is 0 Å². The van der Waals surface area contributed by atoms with Crippen molar-refractivity contribution in [1.29, 1.82) is 0 Å². The Morgan fingerprint density at radius 3 is 2.32 bits per heavy atom. The first kappa shape index (κ1) is 22.5. The lowest BCUT2D eigenvalue weighted by molar-refractivity contribution is -0.129. The van der Waals surface area contributed by atoms with Gasteiger partial charge in [-0.15, -0.1) is 11.3 Å². The van der Waals surface area contributed by atoms with Gasteiger partial charge in [-0.05, 0) is 23.1 Å². The fourth-order valence-electron chi connectivity index (χ4n) is 2.62. The minimum atomic E-state index is -3.63. The van der Waals surface area contributed by atoms with E-state index in [1.54, 1.807) is 23.6 Å². The monoisotopic (exact) mass is 459 g/mol. The minimum Gasteiger partial charge on any atom is -0.483 e. The lowest BCUT2D eigenvalue weighted by atomic mass is 10.1. The molecule has 0 radical (unpaired) electrons. The third-order valence-electron chi connectivity index (χ3n) is 4.08. The zero-order valence-electron chi connectivity index (χ0n) is 16.4. The van der Waals surface area contributed by atoms with Gasteiger partial charge in [0, 0.05) is 18.5 Å². The van der Waals surface area contributed by atoms with E-state index in [9.17, 15) is 18.0 Å². The van der Waals surface area contributed by atoms with Crippen LogP contribution in [0.15, 0.2) is 76.3 Å². The Bertz CT molecular complexity index is 1120. The molecule has 0 fully saturated rings. The van der Waals surface area contributed by atoms with Crippen molar-refractivity contribution in [3.63, 3.8) is 0 Å². The van der Waals surface area contributed by atoms with E-state index >= 15 is 0 Å². The number of thiophene rings is 1. The molecule has 3 N–H and O–H groups in total. The largest absolute Gasteiger partial charge is 0.483 e. The average Bonchev–Trinajstić information content (AvgIpc) is 3.33. The summed E-state index contributed by atoms with van der Waals surface area (Å²) in [5, 5.41) is 1.65. The molecule has 3 aromatic rings. The molecule has 8 nitrogen and oxygen atoms in total. The second kappa shape index (κ2) is 10.7. The van der Waals surface area contributed by atoms with E-state index in [0.717, 1.165) is 22.5 Å².